The molecule has 0 aliphatic rings. The van der Waals surface area contributed by atoms with E-state index in [1.165, 1.54) is 12.1 Å². The van der Waals surface area contributed by atoms with Gasteiger partial charge in [-0.3, -0.25) is 0 Å². The summed E-state index contributed by atoms with van der Waals surface area (Å²) >= 11 is 0. The Morgan fingerprint density at radius 3 is 2.57 bits per heavy atom. The highest BCUT2D eigenvalue weighted by molar-refractivity contribution is 5.37. The number of hydrogen-bond donors (Lipinski definition) is 1. The van der Waals surface area contributed by atoms with Crippen LogP contribution in [0, 0.1) is 30.4 Å². The van der Waals surface area contributed by atoms with Crippen molar-refractivity contribution in [3.63, 3.8) is 0 Å². The molecule has 0 unspecified atom stereocenters. The Hall–Kier alpha value is -2.38. The second kappa shape index (κ2) is 6.87. The monoisotopic (exact) mass is 288 g/mol. The molecule has 108 valence electrons. The Morgan fingerprint density at radius 1 is 1.10 bits per heavy atom. The molecule has 0 saturated heterocycles. The summed E-state index contributed by atoms with van der Waals surface area (Å²) in [7, 11) is 0. The summed E-state index contributed by atoms with van der Waals surface area (Å²) in [6.45, 7) is 1.39. The van der Waals surface area contributed by atoms with Gasteiger partial charge < -0.3 is 9.84 Å². The predicted molar refractivity (Wildman–Crippen MR) is 75.8 cm³/mol. The van der Waals surface area contributed by atoms with E-state index in [-0.39, 0.29) is 19.0 Å². The lowest BCUT2D eigenvalue weighted by Gasteiger charge is -2.08. The zero-order valence-electron chi connectivity index (χ0n) is 11.5. The van der Waals surface area contributed by atoms with E-state index in [9.17, 15) is 8.78 Å². The van der Waals surface area contributed by atoms with Gasteiger partial charge in [0.05, 0.1) is 0 Å². The van der Waals surface area contributed by atoms with Crippen LogP contribution < -0.4 is 4.74 Å². The van der Waals surface area contributed by atoms with E-state index >= 15 is 0 Å². The zero-order valence-corrected chi connectivity index (χ0v) is 11.5. The van der Waals surface area contributed by atoms with E-state index in [4.69, 9.17) is 9.84 Å². The number of aliphatic hydroxyl groups is 1. The first-order chi connectivity index (χ1) is 10.1. The molecule has 2 nitrogen and oxygen atoms in total. The van der Waals surface area contributed by atoms with Crippen LogP contribution in [-0.2, 0) is 6.61 Å². The molecule has 0 fully saturated rings. The zero-order chi connectivity index (χ0) is 15.2. The summed E-state index contributed by atoms with van der Waals surface area (Å²) in [6, 6.07) is 8.98. The lowest BCUT2D eigenvalue weighted by molar-refractivity contribution is 0.298. The molecule has 2 aromatic rings. The van der Waals surface area contributed by atoms with Crippen LogP contribution in [0.15, 0.2) is 36.4 Å². The lowest BCUT2D eigenvalue weighted by atomic mass is 10.1. The maximum Gasteiger partial charge on any atom is 0.131 e. The third-order valence-electron chi connectivity index (χ3n) is 2.90. The van der Waals surface area contributed by atoms with Crippen molar-refractivity contribution in [2.45, 2.75) is 13.5 Å². The molecule has 2 aromatic carbocycles. The largest absolute Gasteiger partial charge is 0.489 e. The maximum absolute atomic E-state index is 13.8. The highest BCUT2D eigenvalue weighted by Gasteiger charge is 2.05. The molecule has 4 heteroatoms. The first kappa shape index (κ1) is 15.0. The topological polar surface area (TPSA) is 29.5 Å². The van der Waals surface area contributed by atoms with Crippen molar-refractivity contribution in [2.75, 3.05) is 6.61 Å². The van der Waals surface area contributed by atoms with Gasteiger partial charge >= 0.3 is 0 Å². The minimum Gasteiger partial charge on any atom is -0.489 e. The van der Waals surface area contributed by atoms with Gasteiger partial charge in [0.2, 0.25) is 0 Å². The fourth-order valence-corrected chi connectivity index (χ4v) is 1.71. The number of ether oxygens (including phenoxy) is 1. The molecule has 21 heavy (non-hydrogen) atoms. The molecule has 1 N–H and O–H groups in total. The van der Waals surface area contributed by atoms with Crippen LogP contribution in [0.2, 0.25) is 0 Å². The van der Waals surface area contributed by atoms with Gasteiger partial charge in [-0.2, -0.15) is 0 Å². The summed E-state index contributed by atoms with van der Waals surface area (Å²) in [5.74, 6) is 4.60. The minimum atomic E-state index is -0.452. The summed E-state index contributed by atoms with van der Waals surface area (Å²) in [5, 5.41) is 8.59. The normalized spacial score (nSPS) is 9.90. The summed E-state index contributed by atoms with van der Waals surface area (Å²) < 4.78 is 32.6. The van der Waals surface area contributed by atoms with Gasteiger partial charge in [0.1, 0.15) is 30.6 Å². The van der Waals surface area contributed by atoms with Crippen LogP contribution in [0.3, 0.4) is 0 Å². The summed E-state index contributed by atoms with van der Waals surface area (Å²) in [4.78, 5) is 0. The first-order valence-corrected chi connectivity index (χ1v) is 6.37. The van der Waals surface area contributed by atoms with Crippen molar-refractivity contribution in [2.24, 2.45) is 0 Å². The molecule has 0 amide bonds. The Bertz CT molecular complexity index is 700. The van der Waals surface area contributed by atoms with Gasteiger partial charge in [0.25, 0.3) is 0 Å². The second-order valence-electron chi connectivity index (χ2n) is 4.47. The van der Waals surface area contributed by atoms with Crippen LogP contribution in [0.1, 0.15) is 16.7 Å². The molecule has 0 saturated carbocycles. The fourth-order valence-electron chi connectivity index (χ4n) is 1.71. The Morgan fingerprint density at radius 2 is 1.90 bits per heavy atom. The van der Waals surface area contributed by atoms with Crippen LogP contribution in [0.25, 0.3) is 0 Å². The van der Waals surface area contributed by atoms with Gasteiger partial charge in [-0.25, -0.2) is 8.78 Å². The van der Waals surface area contributed by atoms with Crippen molar-refractivity contribution >= 4 is 0 Å². The number of aliphatic hydroxyl groups excluding tert-OH is 1. The lowest BCUT2D eigenvalue weighted by Crippen LogP contribution is -1.99. The third-order valence-corrected chi connectivity index (χ3v) is 2.90. The Kier molecular flexibility index (Phi) is 4.91. The minimum absolute atomic E-state index is 0.00203. The highest BCUT2D eigenvalue weighted by Crippen LogP contribution is 2.18. The number of aryl methyl sites for hydroxylation is 1. The molecule has 0 spiro atoms. The smallest absolute Gasteiger partial charge is 0.131 e. The molecule has 0 aliphatic heterocycles. The maximum atomic E-state index is 13.8. The number of rotatable bonds is 3. The molecule has 0 heterocycles. The Labute approximate surface area is 122 Å². The van der Waals surface area contributed by atoms with Crippen LogP contribution in [-0.4, -0.2) is 11.7 Å². The molecule has 0 atom stereocenters. The van der Waals surface area contributed by atoms with Crippen molar-refractivity contribution in [3.05, 3.63) is 64.7 Å². The van der Waals surface area contributed by atoms with E-state index in [0.29, 0.717) is 22.4 Å². The van der Waals surface area contributed by atoms with Gasteiger partial charge in [0.15, 0.2) is 0 Å². The summed E-state index contributed by atoms with van der Waals surface area (Å²) in [5.41, 5.74) is 1.36. The quantitative estimate of drug-likeness (QED) is 0.879. The van der Waals surface area contributed by atoms with E-state index in [1.807, 2.05) is 0 Å². The standard InChI is InChI=1S/C17H14F2O2/c1-12-4-7-15(10-16(12)18)21-11-14-6-5-13(3-2-8-20)9-17(14)19/h4-7,9-10,20H,8,11H2,1H3. The number of benzene rings is 2. The summed E-state index contributed by atoms with van der Waals surface area (Å²) in [6.07, 6.45) is 0. The number of hydrogen-bond acceptors (Lipinski definition) is 2. The number of halogens is 2. The van der Waals surface area contributed by atoms with Gasteiger partial charge in [-0.15, -0.1) is 0 Å². The van der Waals surface area contributed by atoms with E-state index in [2.05, 4.69) is 11.8 Å². The van der Waals surface area contributed by atoms with Gasteiger partial charge in [0, 0.05) is 17.2 Å². The molecule has 0 aromatic heterocycles. The molecular formula is C17H14F2O2. The SMILES string of the molecule is Cc1ccc(OCc2ccc(C#CCO)cc2F)cc1F. The van der Waals surface area contributed by atoms with Crippen molar-refractivity contribution < 1.29 is 18.6 Å². The molecule has 0 radical (unpaired) electrons. The van der Waals surface area contributed by atoms with Crippen molar-refractivity contribution in [1.82, 2.24) is 0 Å². The van der Waals surface area contributed by atoms with E-state index in [1.54, 1.807) is 31.2 Å². The predicted octanol–water partition coefficient (Wildman–Crippen LogP) is 3.20. The van der Waals surface area contributed by atoms with Crippen LogP contribution in [0.5, 0.6) is 5.75 Å². The fraction of sp³-hybridized carbons (Fsp3) is 0.176. The van der Waals surface area contributed by atoms with Gasteiger partial charge in [-0.05, 0) is 30.7 Å². The third kappa shape index (κ3) is 4.04. The van der Waals surface area contributed by atoms with E-state index in [0.717, 1.165) is 0 Å². The van der Waals surface area contributed by atoms with Crippen LogP contribution in [0.4, 0.5) is 8.78 Å². The van der Waals surface area contributed by atoms with Crippen molar-refractivity contribution in [3.8, 4) is 17.6 Å². The molecule has 0 bridgehead atoms. The highest BCUT2D eigenvalue weighted by atomic mass is 19.1. The molecule has 0 aliphatic carbocycles. The molecular weight excluding hydrogens is 274 g/mol. The van der Waals surface area contributed by atoms with E-state index < -0.39 is 5.82 Å². The average molecular weight is 288 g/mol. The first-order valence-electron chi connectivity index (χ1n) is 6.37. The van der Waals surface area contributed by atoms with Crippen molar-refractivity contribution in [1.29, 1.82) is 0 Å². The second-order valence-corrected chi connectivity index (χ2v) is 4.47. The Balaban J connectivity index is 2.07. The van der Waals surface area contributed by atoms with Crippen LogP contribution >= 0.6 is 0 Å². The molecule has 2 rings (SSSR count). The van der Waals surface area contributed by atoms with Gasteiger partial charge in [-0.1, -0.05) is 24.0 Å². The average Bonchev–Trinajstić information content (AvgIpc) is 2.47.